The van der Waals surface area contributed by atoms with Crippen LogP contribution in [0.5, 0.6) is 0 Å². The smallest absolute Gasteiger partial charge is 0.251 e. The third-order valence-corrected chi connectivity index (χ3v) is 5.84. The van der Waals surface area contributed by atoms with Crippen LogP contribution >= 0.6 is 39.1 Å². The fourth-order valence-electron chi connectivity index (χ4n) is 3.32. The highest BCUT2D eigenvalue weighted by Crippen LogP contribution is 2.26. The van der Waals surface area contributed by atoms with Crippen LogP contribution in [0.2, 0.25) is 10.0 Å². The Kier molecular flexibility index (Phi) is 8.03. The van der Waals surface area contributed by atoms with E-state index in [9.17, 15) is 4.79 Å². The van der Waals surface area contributed by atoms with E-state index in [0.717, 1.165) is 55.7 Å². The van der Waals surface area contributed by atoms with E-state index in [1.807, 2.05) is 36.4 Å². The Bertz CT molecular complexity index is 772. The van der Waals surface area contributed by atoms with Gasteiger partial charge in [0.1, 0.15) is 0 Å². The maximum Gasteiger partial charge on any atom is 0.251 e. The van der Waals surface area contributed by atoms with Crippen molar-refractivity contribution < 1.29 is 4.79 Å². The average molecular weight is 485 g/mol. The lowest BCUT2D eigenvalue weighted by Crippen LogP contribution is -2.46. The molecule has 2 aromatic carbocycles. The van der Waals surface area contributed by atoms with Gasteiger partial charge in [0.05, 0.1) is 0 Å². The summed E-state index contributed by atoms with van der Waals surface area (Å²) in [6, 6.07) is 13.1. The molecular weight excluding hydrogens is 461 g/mol. The summed E-state index contributed by atoms with van der Waals surface area (Å²) in [6.07, 6.45) is 2.05. The summed E-state index contributed by atoms with van der Waals surface area (Å²) in [4.78, 5) is 16.9. The fraction of sp³-hybridized carbons (Fsp3) is 0.381. The first-order valence-electron chi connectivity index (χ1n) is 9.48. The Balaban J connectivity index is 1.32. The van der Waals surface area contributed by atoms with Crippen molar-refractivity contribution in [3.8, 4) is 0 Å². The number of rotatable bonds is 7. The standard InChI is InChI=1S/C21H24BrCl2N3O/c22-17-5-3-16(4-6-17)21(28)25-7-1-2-8-26-9-11-27(12-10-26)20-14-18(23)13-19(24)15-20/h3-6,13-15H,1-2,7-12H2,(H,25,28). The number of nitrogens with zero attached hydrogens (tertiary/aromatic N) is 2. The van der Waals surface area contributed by atoms with E-state index in [4.69, 9.17) is 23.2 Å². The van der Waals surface area contributed by atoms with E-state index < -0.39 is 0 Å². The van der Waals surface area contributed by atoms with Crippen molar-refractivity contribution in [1.82, 2.24) is 10.2 Å². The van der Waals surface area contributed by atoms with Gasteiger partial charge in [-0.25, -0.2) is 0 Å². The largest absolute Gasteiger partial charge is 0.369 e. The van der Waals surface area contributed by atoms with E-state index in [0.29, 0.717) is 22.2 Å². The van der Waals surface area contributed by atoms with Crippen molar-refractivity contribution in [2.45, 2.75) is 12.8 Å². The lowest BCUT2D eigenvalue weighted by atomic mass is 10.2. The van der Waals surface area contributed by atoms with Crippen LogP contribution < -0.4 is 10.2 Å². The number of hydrogen-bond donors (Lipinski definition) is 1. The van der Waals surface area contributed by atoms with Crippen LogP contribution in [0.15, 0.2) is 46.9 Å². The Labute approximate surface area is 184 Å². The Morgan fingerprint density at radius 3 is 2.25 bits per heavy atom. The monoisotopic (exact) mass is 483 g/mol. The summed E-state index contributed by atoms with van der Waals surface area (Å²) < 4.78 is 0.975. The van der Waals surface area contributed by atoms with Gasteiger partial charge in [-0.3, -0.25) is 9.69 Å². The molecule has 2 aromatic rings. The first-order valence-corrected chi connectivity index (χ1v) is 11.0. The SMILES string of the molecule is O=C(NCCCCN1CCN(c2cc(Cl)cc(Cl)c2)CC1)c1ccc(Br)cc1. The van der Waals surface area contributed by atoms with E-state index in [1.54, 1.807) is 6.07 Å². The molecule has 28 heavy (non-hydrogen) atoms. The molecular formula is C21H24BrCl2N3O. The molecule has 0 saturated carbocycles. The second kappa shape index (κ2) is 10.5. The van der Waals surface area contributed by atoms with Gasteiger partial charge < -0.3 is 10.2 Å². The normalized spacial score (nSPS) is 14.9. The molecule has 0 radical (unpaired) electrons. The summed E-state index contributed by atoms with van der Waals surface area (Å²) in [7, 11) is 0. The van der Waals surface area contributed by atoms with Crippen molar-refractivity contribution in [1.29, 1.82) is 0 Å². The fourth-order valence-corrected chi connectivity index (χ4v) is 4.10. The first kappa shape index (κ1) is 21.4. The van der Waals surface area contributed by atoms with Crippen LogP contribution in [0, 0.1) is 0 Å². The van der Waals surface area contributed by atoms with Crippen molar-refractivity contribution in [2.24, 2.45) is 0 Å². The summed E-state index contributed by atoms with van der Waals surface area (Å²) in [5.41, 5.74) is 1.79. The maximum atomic E-state index is 12.1. The van der Waals surface area contributed by atoms with Gasteiger partial charge in [-0.15, -0.1) is 0 Å². The lowest BCUT2D eigenvalue weighted by Gasteiger charge is -2.36. The molecule has 1 aliphatic heterocycles. The number of carbonyl (C=O) groups is 1. The Morgan fingerprint density at radius 1 is 0.964 bits per heavy atom. The summed E-state index contributed by atoms with van der Waals surface area (Å²) in [5.74, 6) is -0.0127. The van der Waals surface area contributed by atoms with Crippen molar-refractivity contribution in [2.75, 3.05) is 44.2 Å². The number of benzene rings is 2. The summed E-state index contributed by atoms with van der Waals surface area (Å²) in [6.45, 7) is 5.74. The van der Waals surface area contributed by atoms with Crippen LogP contribution in [0.1, 0.15) is 23.2 Å². The molecule has 1 saturated heterocycles. The molecule has 0 atom stereocenters. The van der Waals surface area contributed by atoms with Gasteiger partial charge in [0.15, 0.2) is 0 Å². The van der Waals surface area contributed by atoms with Crippen molar-refractivity contribution in [3.05, 3.63) is 62.5 Å². The van der Waals surface area contributed by atoms with Gasteiger partial charge in [-0.05, 0) is 61.9 Å². The summed E-state index contributed by atoms with van der Waals surface area (Å²) >= 11 is 15.6. The molecule has 1 aliphatic rings. The Hall–Kier alpha value is -1.27. The van der Waals surface area contributed by atoms with Gasteiger partial charge in [0.25, 0.3) is 5.91 Å². The lowest BCUT2D eigenvalue weighted by molar-refractivity contribution is 0.0952. The third kappa shape index (κ3) is 6.38. The number of hydrogen-bond acceptors (Lipinski definition) is 3. The molecule has 0 spiro atoms. The van der Waals surface area contributed by atoms with Crippen LogP contribution in [-0.4, -0.2) is 50.1 Å². The zero-order valence-electron chi connectivity index (χ0n) is 15.6. The van der Waals surface area contributed by atoms with Crippen molar-refractivity contribution >= 4 is 50.7 Å². The number of halogens is 3. The minimum atomic E-state index is -0.0127. The molecule has 0 aromatic heterocycles. The van der Waals surface area contributed by atoms with E-state index in [2.05, 4.69) is 31.0 Å². The zero-order chi connectivity index (χ0) is 19.9. The average Bonchev–Trinajstić information content (AvgIpc) is 2.68. The maximum absolute atomic E-state index is 12.1. The molecule has 3 rings (SSSR count). The quantitative estimate of drug-likeness (QED) is 0.556. The number of nitrogens with one attached hydrogen (secondary N) is 1. The molecule has 7 heteroatoms. The number of carbonyl (C=O) groups excluding carboxylic acids is 1. The predicted octanol–water partition coefficient (Wildman–Crippen LogP) is 5.09. The summed E-state index contributed by atoms with van der Waals surface area (Å²) in [5, 5.41) is 4.34. The third-order valence-electron chi connectivity index (χ3n) is 4.88. The van der Waals surface area contributed by atoms with Gasteiger partial charge in [0.2, 0.25) is 0 Å². The van der Waals surface area contributed by atoms with Gasteiger partial charge in [-0.1, -0.05) is 39.1 Å². The molecule has 4 nitrogen and oxygen atoms in total. The van der Waals surface area contributed by atoms with Crippen LogP contribution in [0.4, 0.5) is 5.69 Å². The molecule has 0 aliphatic carbocycles. The number of unbranched alkanes of at least 4 members (excludes halogenated alkanes) is 1. The molecule has 1 amide bonds. The number of anilines is 1. The van der Waals surface area contributed by atoms with Crippen LogP contribution in [0.25, 0.3) is 0 Å². The van der Waals surface area contributed by atoms with Crippen LogP contribution in [0.3, 0.4) is 0 Å². The second-order valence-electron chi connectivity index (χ2n) is 6.93. The molecule has 150 valence electrons. The Morgan fingerprint density at radius 2 is 1.61 bits per heavy atom. The molecule has 1 fully saturated rings. The van der Waals surface area contributed by atoms with E-state index >= 15 is 0 Å². The molecule has 0 bridgehead atoms. The minimum absolute atomic E-state index is 0.0127. The molecule has 0 unspecified atom stereocenters. The van der Waals surface area contributed by atoms with Gasteiger partial charge >= 0.3 is 0 Å². The second-order valence-corrected chi connectivity index (χ2v) is 8.71. The minimum Gasteiger partial charge on any atom is -0.369 e. The van der Waals surface area contributed by atoms with Gasteiger partial charge in [0, 0.05) is 58.5 Å². The van der Waals surface area contributed by atoms with Gasteiger partial charge in [-0.2, -0.15) is 0 Å². The highest BCUT2D eigenvalue weighted by Gasteiger charge is 2.17. The number of piperazine rings is 1. The highest BCUT2D eigenvalue weighted by atomic mass is 79.9. The first-order chi connectivity index (χ1) is 13.5. The van der Waals surface area contributed by atoms with E-state index in [1.165, 1.54) is 0 Å². The molecule has 1 heterocycles. The van der Waals surface area contributed by atoms with Crippen molar-refractivity contribution in [3.63, 3.8) is 0 Å². The van der Waals surface area contributed by atoms with Crippen LogP contribution in [-0.2, 0) is 0 Å². The highest BCUT2D eigenvalue weighted by molar-refractivity contribution is 9.10. The molecule has 1 N–H and O–H groups in total. The predicted molar refractivity (Wildman–Crippen MR) is 121 cm³/mol. The number of amides is 1. The zero-order valence-corrected chi connectivity index (χ0v) is 18.7. The van der Waals surface area contributed by atoms with E-state index in [-0.39, 0.29) is 5.91 Å². The topological polar surface area (TPSA) is 35.6 Å².